The number of alkyl halides is 4. The molecule has 0 N–H and O–H groups in total. The summed E-state index contributed by atoms with van der Waals surface area (Å²) in [6.45, 7) is 0.468. The number of halogens is 4. The zero-order valence-corrected chi connectivity index (χ0v) is 11.3. The molecular weight excluding hydrogens is 298 g/mol. The lowest BCUT2D eigenvalue weighted by Gasteiger charge is -2.17. The van der Waals surface area contributed by atoms with Crippen molar-refractivity contribution >= 4 is 5.97 Å². The highest BCUT2D eigenvalue weighted by atomic mass is 19.4. The standard InChI is InChI=1S/C12H13F4NO4/c1-3-20-9(18)4-8-7(5-13)6-17-11(19-2)10(8)21-12(14,15)16/h6H,3-5H2,1-2H3. The average molecular weight is 311 g/mol. The Kier molecular flexibility index (Phi) is 5.74. The maximum absolute atomic E-state index is 12.9. The van der Waals surface area contributed by atoms with Crippen molar-refractivity contribution in [3.63, 3.8) is 0 Å². The number of methoxy groups -OCH3 is 1. The third kappa shape index (κ3) is 4.76. The van der Waals surface area contributed by atoms with Crippen molar-refractivity contribution in [2.24, 2.45) is 0 Å². The first kappa shape index (κ1) is 17.0. The van der Waals surface area contributed by atoms with E-state index in [4.69, 9.17) is 0 Å². The molecule has 1 aromatic heterocycles. The van der Waals surface area contributed by atoms with E-state index in [-0.39, 0.29) is 17.7 Å². The molecule has 0 aliphatic heterocycles. The van der Waals surface area contributed by atoms with E-state index < -0.39 is 37.1 Å². The largest absolute Gasteiger partial charge is 0.573 e. The minimum Gasteiger partial charge on any atom is -0.478 e. The first-order valence-electron chi connectivity index (χ1n) is 5.84. The predicted octanol–water partition coefficient (Wildman–Crippen LogP) is 2.56. The number of carbonyl (C=O) groups is 1. The Morgan fingerprint density at radius 3 is 2.52 bits per heavy atom. The van der Waals surface area contributed by atoms with E-state index >= 15 is 0 Å². The topological polar surface area (TPSA) is 57.7 Å². The highest BCUT2D eigenvalue weighted by Crippen LogP contribution is 2.36. The van der Waals surface area contributed by atoms with Crippen LogP contribution in [0.4, 0.5) is 17.6 Å². The van der Waals surface area contributed by atoms with Gasteiger partial charge in [-0.3, -0.25) is 4.79 Å². The Hall–Kier alpha value is -2.06. The number of ether oxygens (including phenoxy) is 3. The molecule has 0 atom stereocenters. The Morgan fingerprint density at radius 2 is 2.05 bits per heavy atom. The molecule has 0 bridgehead atoms. The van der Waals surface area contributed by atoms with Gasteiger partial charge in [0.2, 0.25) is 0 Å². The van der Waals surface area contributed by atoms with Gasteiger partial charge in [0.25, 0.3) is 5.88 Å². The van der Waals surface area contributed by atoms with Gasteiger partial charge in [0, 0.05) is 17.3 Å². The van der Waals surface area contributed by atoms with Crippen molar-refractivity contribution in [1.29, 1.82) is 0 Å². The molecule has 0 spiro atoms. The maximum atomic E-state index is 12.9. The molecular formula is C12H13F4NO4. The fraction of sp³-hybridized carbons (Fsp3) is 0.500. The minimum atomic E-state index is -5.03. The Morgan fingerprint density at radius 1 is 1.38 bits per heavy atom. The Labute approximate surface area is 117 Å². The van der Waals surface area contributed by atoms with Gasteiger partial charge in [-0.1, -0.05) is 0 Å². The zero-order chi connectivity index (χ0) is 16.0. The Bertz CT molecular complexity index is 505. The molecule has 0 aliphatic carbocycles. The van der Waals surface area contributed by atoms with Crippen LogP contribution in [0, 0.1) is 0 Å². The van der Waals surface area contributed by atoms with Crippen molar-refractivity contribution in [3.05, 3.63) is 17.3 Å². The van der Waals surface area contributed by atoms with Crippen LogP contribution in [0.1, 0.15) is 18.1 Å². The van der Waals surface area contributed by atoms with Crippen LogP contribution in [-0.4, -0.2) is 31.0 Å². The van der Waals surface area contributed by atoms with Gasteiger partial charge in [0.15, 0.2) is 5.75 Å². The molecule has 1 heterocycles. The number of carbonyl (C=O) groups excluding carboxylic acids is 1. The summed E-state index contributed by atoms with van der Waals surface area (Å²) in [6, 6.07) is 0. The van der Waals surface area contributed by atoms with E-state index in [9.17, 15) is 22.4 Å². The summed E-state index contributed by atoms with van der Waals surface area (Å²) in [5.41, 5.74) is -0.511. The molecule has 0 unspecified atom stereocenters. The smallest absolute Gasteiger partial charge is 0.478 e. The summed E-state index contributed by atoms with van der Waals surface area (Å²) in [4.78, 5) is 15.0. The van der Waals surface area contributed by atoms with Crippen LogP contribution in [0.2, 0.25) is 0 Å². The van der Waals surface area contributed by atoms with Gasteiger partial charge in [-0.05, 0) is 6.92 Å². The van der Waals surface area contributed by atoms with Gasteiger partial charge in [-0.2, -0.15) is 0 Å². The minimum absolute atomic E-state index is 0.0431. The SMILES string of the molecule is CCOC(=O)Cc1c(CF)cnc(OC)c1OC(F)(F)F. The molecule has 0 saturated heterocycles. The monoisotopic (exact) mass is 311 g/mol. The van der Waals surface area contributed by atoms with E-state index in [0.29, 0.717) is 0 Å². The highest BCUT2D eigenvalue weighted by Gasteiger charge is 2.35. The first-order chi connectivity index (χ1) is 9.82. The van der Waals surface area contributed by atoms with E-state index in [1.807, 2.05) is 0 Å². The van der Waals surface area contributed by atoms with Crippen LogP contribution < -0.4 is 9.47 Å². The molecule has 0 saturated carbocycles. The van der Waals surface area contributed by atoms with Crippen molar-refractivity contribution < 1.29 is 36.6 Å². The lowest BCUT2D eigenvalue weighted by atomic mass is 10.1. The molecule has 0 amide bonds. The van der Waals surface area contributed by atoms with Crippen LogP contribution >= 0.6 is 0 Å². The molecule has 0 aliphatic rings. The lowest BCUT2D eigenvalue weighted by molar-refractivity contribution is -0.275. The maximum Gasteiger partial charge on any atom is 0.573 e. The second kappa shape index (κ2) is 7.09. The predicted molar refractivity (Wildman–Crippen MR) is 62.6 cm³/mol. The molecule has 0 aromatic carbocycles. The van der Waals surface area contributed by atoms with E-state index in [2.05, 4.69) is 19.2 Å². The molecule has 5 nitrogen and oxygen atoms in total. The van der Waals surface area contributed by atoms with E-state index in [1.165, 1.54) is 6.92 Å². The van der Waals surface area contributed by atoms with Crippen molar-refractivity contribution in [2.45, 2.75) is 26.4 Å². The quantitative estimate of drug-likeness (QED) is 0.597. The second-order valence-electron chi connectivity index (χ2n) is 3.76. The fourth-order valence-corrected chi connectivity index (χ4v) is 1.58. The highest BCUT2D eigenvalue weighted by molar-refractivity contribution is 5.74. The summed E-state index contributed by atoms with van der Waals surface area (Å²) in [7, 11) is 1.08. The second-order valence-corrected chi connectivity index (χ2v) is 3.76. The number of aromatic nitrogens is 1. The van der Waals surface area contributed by atoms with Gasteiger partial charge < -0.3 is 14.2 Å². The molecule has 21 heavy (non-hydrogen) atoms. The summed E-state index contributed by atoms with van der Waals surface area (Å²) in [6.07, 6.45) is -4.64. The number of rotatable bonds is 6. The Balaban J connectivity index is 3.29. The van der Waals surface area contributed by atoms with E-state index in [1.54, 1.807) is 0 Å². The molecule has 118 valence electrons. The third-order valence-corrected chi connectivity index (χ3v) is 2.38. The molecule has 9 heteroatoms. The van der Waals surface area contributed by atoms with Gasteiger partial charge in [0.1, 0.15) is 6.67 Å². The van der Waals surface area contributed by atoms with Crippen LogP contribution in [0.3, 0.4) is 0 Å². The van der Waals surface area contributed by atoms with Crippen LogP contribution in [0.25, 0.3) is 0 Å². The van der Waals surface area contributed by atoms with Crippen LogP contribution in [0.5, 0.6) is 11.6 Å². The molecule has 0 fully saturated rings. The van der Waals surface area contributed by atoms with Crippen LogP contribution in [0.15, 0.2) is 6.20 Å². The summed E-state index contributed by atoms with van der Waals surface area (Å²) >= 11 is 0. The number of pyridine rings is 1. The molecule has 1 rings (SSSR count). The van der Waals surface area contributed by atoms with Crippen LogP contribution in [-0.2, 0) is 22.6 Å². The summed E-state index contributed by atoms with van der Waals surface area (Å²) < 4.78 is 63.4. The number of esters is 1. The third-order valence-electron chi connectivity index (χ3n) is 2.38. The average Bonchev–Trinajstić information content (AvgIpc) is 2.39. The fourth-order valence-electron chi connectivity index (χ4n) is 1.58. The van der Waals surface area contributed by atoms with Crippen molar-refractivity contribution in [2.75, 3.05) is 13.7 Å². The van der Waals surface area contributed by atoms with Crippen molar-refractivity contribution in [3.8, 4) is 11.6 Å². The van der Waals surface area contributed by atoms with Gasteiger partial charge in [0.05, 0.1) is 20.1 Å². The molecule has 1 aromatic rings. The lowest BCUT2D eigenvalue weighted by Crippen LogP contribution is -2.21. The summed E-state index contributed by atoms with van der Waals surface area (Å²) in [5.74, 6) is -2.15. The molecule has 0 radical (unpaired) electrons. The van der Waals surface area contributed by atoms with Crippen molar-refractivity contribution in [1.82, 2.24) is 4.98 Å². The normalized spacial score (nSPS) is 11.1. The van der Waals surface area contributed by atoms with E-state index in [0.717, 1.165) is 13.3 Å². The van der Waals surface area contributed by atoms with Gasteiger partial charge >= 0.3 is 12.3 Å². The van der Waals surface area contributed by atoms with Gasteiger partial charge in [-0.25, -0.2) is 9.37 Å². The number of hydrogen-bond donors (Lipinski definition) is 0. The van der Waals surface area contributed by atoms with Gasteiger partial charge in [-0.15, -0.1) is 13.2 Å². The summed E-state index contributed by atoms with van der Waals surface area (Å²) in [5, 5.41) is 0. The first-order valence-corrected chi connectivity index (χ1v) is 5.84. The zero-order valence-electron chi connectivity index (χ0n) is 11.3. The number of nitrogens with zero attached hydrogens (tertiary/aromatic N) is 1. The number of hydrogen-bond acceptors (Lipinski definition) is 5.